The highest BCUT2D eigenvalue weighted by atomic mass is 35.5. The van der Waals surface area contributed by atoms with Gasteiger partial charge in [0.2, 0.25) is 0 Å². The molecule has 0 atom stereocenters. The van der Waals surface area contributed by atoms with E-state index in [0.29, 0.717) is 21.8 Å². The van der Waals surface area contributed by atoms with Crippen LogP contribution in [0.15, 0.2) is 24.5 Å². The zero-order chi connectivity index (χ0) is 22.5. The summed E-state index contributed by atoms with van der Waals surface area (Å²) in [6.45, 7) is 7.59. The van der Waals surface area contributed by atoms with E-state index in [2.05, 4.69) is 22.9 Å². The molecule has 32 heavy (non-hydrogen) atoms. The highest BCUT2D eigenvalue weighted by molar-refractivity contribution is 6.33. The number of aromatic nitrogens is 4. The zero-order valence-corrected chi connectivity index (χ0v) is 19.6. The molecule has 1 N–H and O–H groups in total. The zero-order valence-electron chi connectivity index (χ0n) is 18.8. The first-order valence-electron chi connectivity index (χ1n) is 11.2. The molecular formula is C25H28ClN5O. The van der Waals surface area contributed by atoms with E-state index in [1.54, 1.807) is 6.20 Å². The van der Waals surface area contributed by atoms with E-state index >= 15 is 0 Å². The average molecular weight is 450 g/mol. The first-order valence-corrected chi connectivity index (χ1v) is 11.6. The SMILES string of the molecule is Cc1cnc2c(c1)CC1(CCN(c3nc(C)c(-c4ccnc(C)c4Cl)nc3CO)CC1)C2. The van der Waals surface area contributed by atoms with Crippen molar-refractivity contribution in [2.24, 2.45) is 5.41 Å². The quantitative estimate of drug-likeness (QED) is 0.639. The second-order valence-corrected chi connectivity index (χ2v) is 9.68. The maximum Gasteiger partial charge on any atom is 0.153 e. The summed E-state index contributed by atoms with van der Waals surface area (Å²) in [5.41, 5.74) is 7.87. The molecule has 0 saturated carbocycles. The van der Waals surface area contributed by atoms with Gasteiger partial charge in [-0.3, -0.25) is 9.97 Å². The molecule has 0 unspecified atom stereocenters. The molecule has 166 valence electrons. The van der Waals surface area contributed by atoms with Crippen molar-refractivity contribution < 1.29 is 5.11 Å². The van der Waals surface area contributed by atoms with Gasteiger partial charge in [0.15, 0.2) is 5.82 Å². The van der Waals surface area contributed by atoms with Gasteiger partial charge in [0.25, 0.3) is 0 Å². The number of aliphatic hydroxyl groups excluding tert-OH is 1. The van der Waals surface area contributed by atoms with E-state index < -0.39 is 0 Å². The predicted molar refractivity (Wildman–Crippen MR) is 126 cm³/mol. The monoisotopic (exact) mass is 449 g/mol. The minimum Gasteiger partial charge on any atom is -0.390 e. The van der Waals surface area contributed by atoms with Crippen LogP contribution in [0.2, 0.25) is 5.02 Å². The van der Waals surface area contributed by atoms with E-state index in [1.807, 2.05) is 26.1 Å². The number of pyridine rings is 2. The van der Waals surface area contributed by atoms with Crippen LogP contribution in [0.5, 0.6) is 0 Å². The van der Waals surface area contributed by atoms with E-state index in [0.717, 1.165) is 61.5 Å². The first-order chi connectivity index (χ1) is 15.4. The van der Waals surface area contributed by atoms with Crippen LogP contribution in [0, 0.1) is 26.2 Å². The summed E-state index contributed by atoms with van der Waals surface area (Å²) >= 11 is 6.49. The molecule has 1 spiro atoms. The first kappa shape index (κ1) is 21.3. The van der Waals surface area contributed by atoms with Gasteiger partial charge in [-0.15, -0.1) is 0 Å². The Morgan fingerprint density at radius 2 is 1.84 bits per heavy atom. The van der Waals surface area contributed by atoms with Crippen LogP contribution >= 0.6 is 11.6 Å². The molecule has 2 aliphatic rings. The van der Waals surface area contributed by atoms with Gasteiger partial charge in [0.1, 0.15) is 5.69 Å². The van der Waals surface area contributed by atoms with E-state index in [4.69, 9.17) is 26.6 Å². The minimum atomic E-state index is -0.159. The fourth-order valence-electron chi connectivity index (χ4n) is 5.23. The molecule has 0 radical (unpaired) electrons. The van der Waals surface area contributed by atoms with Crippen molar-refractivity contribution in [2.75, 3.05) is 18.0 Å². The van der Waals surface area contributed by atoms with Crippen LogP contribution in [0.25, 0.3) is 11.3 Å². The Hall–Kier alpha value is -2.57. The Balaban J connectivity index is 1.39. The number of aryl methyl sites for hydroxylation is 3. The molecule has 1 fully saturated rings. The van der Waals surface area contributed by atoms with Crippen molar-refractivity contribution in [1.82, 2.24) is 19.9 Å². The number of nitrogens with zero attached hydrogens (tertiary/aromatic N) is 5. The van der Waals surface area contributed by atoms with Crippen molar-refractivity contribution >= 4 is 17.4 Å². The summed E-state index contributed by atoms with van der Waals surface area (Å²) in [7, 11) is 0. The van der Waals surface area contributed by atoms with Crippen molar-refractivity contribution in [2.45, 2.75) is 53.1 Å². The fourth-order valence-corrected chi connectivity index (χ4v) is 5.43. The molecule has 0 amide bonds. The third-order valence-electron chi connectivity index (χ3n) is 7.02. The molecule has 1 aliphatic carbocycles. The Bertz CT molecular complexity index is 1190. The summed E-state index contributed by atoms with van der Waals surface area (Å²) in [5.74, 6) is 0.787. The lowest BCUT2D eigenvalue weighted by Gasteiger charge is -2.40. The lowest BCUT2D eigenvalue weighted by molar-refractivity contribution is 0.230. The number of rotatable bonds is 3. The normalized spacial score (nSPS) is 17.1. The smallest absolute Gasteiger partial charge is 0.153 e. The molecule has 1 aliphatic heterocycles. The van der Waals surface area contributed by atoms with Crippen LogP contribution in [0.1, 0.15) is 46.7 Å². The summed E-state index contributed by atoms with van der Waals surface area (Å²) in [6, 6.07) is 4.15. The topological polar surface area (TPSA) is 75.0 Å². The number of fused-ring (bicyclic) bond motifs is 1. The highest BCUT2D eigenvalue weighted by Gasteiger charge is 2.41. The van der Waals surface area contributed by atoms with Crippen LogP contribution in [0.3, 0.4) is 0 Å². The Kier molecular flexibility index (Phi) is 5.38. The number of halogens is 1. The highest BCUT2D eigenvalue weighted by Crippen LogP contribution is 2.45. The fraction of sp³-hybridized carbons (Fsp3) is 0.440. The van der Waals surface area contributed by atoms with Crippen molar-refractivity contribution in [3.63, 3.8) is 0 Å². The molecule has 6 nitrogen and oxygen atoms in total. The maximum absolute atomic E-state index is 10.1. The predicted octanol–water partition coefficient (Wildman–Crippen LogP) is 4.39. The summed E-state index contributed by atoms with van der Waals surface area (Å²) in [5, 5.41) is 10.7. The third kappa shape index (κ3) is 3.65. The van der Waals surface area contributed by atoms with Gasteiger partial charge in [0, 0.05) is 36.7 Å². The molecular weight excluding hydrogens is 422 g/mol. The number of aliphatic hydroxyl groups is 1. The van der Waals surface area contributed by atoms with Gasteiger partial charge < -0.3 is 10.0 Å². The Morgan fingerprint density at radius 3 is 2.59 bits per heavy atom. The third-order valence-corrected chi connectivity index (χ3v) is 7.49. The van der Waals surface area contributed by atoms with Gasteiger partial charge in [-0.2, -0.15) is 0 Å². The van der Waals surface area contributed by atoms with Gasteiger partial charge >= 0.3 is 0 Å². The molecule has 0 aromatic carbocycles. The van der Waals surface area contributed by atoms with Gasteiger partial charge in [-0.25, -0.2) is 9.97 Å². The van der Waals surface area contributed by atoms with Crippen LogP contribution in [-0.2, 0) is 19.4 Å². The summed E-state index contributed by atoms with van der Waals surface area (Å²) in [6.07, 6.45) is 8.06. The van der Waals surface area contributed by atoms with Crippen LogP contribution in [-0.4, -0.2) is 38.1 Å². The second kappa shape index (κ2) is 8.09. The molecule has 7 heteroatoms. The van der Waals surface area contributed by atoms with Crippen LogP contribution in [0.4, 0.5) is 5.82 Å². The van der Waals surface area contributed by atoms with Crippen molar-refractivity contribution in [3.8, 4) is 11.3 Å². The molecule has 3 aromatic heterocycles. The van der Waals surface area contributed by atoms with Gasteiger partial charge in [-0.05, 0) is 69.1 Å². The number of anilines is 1. The Labute approximate surface area is 193 Å². The van der Waals surface area contributed by atoms with E-state index in [9.17, 15) is 5.11 Å². The lowest BCUT2D eigenvalue weighted by Crippen LogP contribution is -2.41. The van der Waals surface area contributed by atoms with Crippen LogP contribution < -0.4 is 4.90 Å². The van der Waals surface area contributed by atoms with E-state index in [-0.39, 0.29) is 6.61 Å². The maximum atomic E-state index is 10.1. The molecule has 5 rings (SSSR count). The largest absolute Gasteiger partial charge is 0.390 e. The summed E-state index contributed by atoms with van der Waals surface area (Å²) in [4.78, 5) is 20.9. The minimum absolute atomic E-state index is 0.159. The number of hydrogen-bond acceptors (Lipinski definition) is 6. The summed E-state index contributed by atoms with van der Waals surface area (Å²) < 4.78 is 0. The lowest BCUT2D eigenvalue weighted by atomic mass is 9.76. The standard InChI is InChI=1S/C25H28ClN5O/c1-15-10-18-11-25(12-20(18)28-13-15)5-8-31(9-6-25)24-21(14-32)30-23(17(3)29-24)19-4-7-27-16(2)22(19)26/h4,7,10,13,32H,5-6,8-9,11-12,14H2,1-3H3. The molecule has 4 heterocycles. The van der Waals surface area contributed by atoms with Gasteiger partial charge in [-0.1, -0.05) is 17.7 Å². The average Bonchev–Trinajstić information content (AvgIpc) is 3.13. The van der Waals surface area contributed by atoms with Gasteiger partial charge in [0.05, 0.1) is 28.7 Å². The Morgan fingerprint density at radius 1 is 1.06 bits per heavy atom. The number of hydrogen-bond donors (Lipinski definition) is 1. The van der Waals surface area contributed by atoms with Crippen molar-refractivity contribution in [1.29, 1.82) is 0 Å². The molecule has 0 bridgehead atoms. The van der Waals surface area contributed by atoms with Crippen molar-refractivity contribution in [3.05, 3.63) is 63.5 Å². The molecule has 1 saturated heterocycles. The van der Waals surface area contributed by atoms with E-state index in [1.165, 1.54) is 16.8 Å². The number of piperidine rings is 1. The molecule has 3 aromatic rings. The second-order valence-electron chi connectivity index (χ2n) is 9.30.